The van der Waals surface area contributed by atoms with Crippen molar-refractivity contribution < 1.29 is 19.0 Å². The number of ether oxygens (including phenoxy) is 1. The molecule has 0 bridgehead atoms. The first-order valence-corrected chi connectivity index (χ1v) is 16.7. The number of carbonyl (C=O) groups is 1. The smallest absolute Gasteiger partial charge is 0.261 e. The van der Waals surface area contributed by atoms with Crippen molar-refractivity contribution in [3.63, 3.8) is 0 Å². The summed E-state index contributed by atoms with van der Waals surface area (Å²) in [7, 11) is 2.15. The van der Waals surface area contributed by atoms with E-state index in [1.807, 2.05) is 35.8 Å². The number of halogens is 1. The summed E-state index contributed by atoms with van der Waals surface area (Å²) in [6.07, 6.45) is 5.73. The molecule has 9 nitrogen and oxygen atoms in total. The Balaban J connectivity index is 1.10. The number of hydrogen-bond acceptors (Lipinski definition) is 8. The van der Waals surface area contributed by atoms with Crippen molar-refractivity contribution in [2.45, 2.75) is 24.8 Å². The fraction of sp³-hybridized carbons (Fsp3) is 0.343. The molecular weight excluding hydrogens is 603 g/mol. The van der Waals surface area contributed by atoms with Gasteiger partial charge in [0.2, 0.25) is 0 Å². The molecule has 1 aliphatic carbocycles. The van der Waals surface area contributed by atoms with Crippen LogP contribution >= 0.6 is 11.3 Å². The number of amides is 1. The van der Waals surface area contributed by atoms with Crippen molar-refractivity contribution in [2.75, 3.05) is 57.9 Å². The normalized spacial score (nSPS) is 18.0. The summed E-state index contributed by atoms with van der Waals surface area (Å²) in [5.74, 6) is -0.417. The maximum Gasteiger partial charge on any atom is 0.261 e. The van der Waals surface area contributed by atoms with Crippen LogP contribution in [0, 0.1) is 5.82 Å². The van der Waals surface area contributed by atoms with Crippen molar-refractivity contribution in [3.05, 3.63) is 82.1 Å². The van der Waals surface area contributed by atoms with Gasteiger partial charge in [0.1, 0.15) is 29.4 Å². The Hall–Kier alpha value is -4.32. The van der Waals surface area contributed by atoms with E-state index >= 15 is 4.39 Å². The molecule has 1 atom stereocenters. The molecule has 1 aromatic carbocycles. The monoisotopic (exact) mass is 638 g/mol. The number of benzene rings is 1. The molecule has 1 unspecified atom stereocenters. The number of piperazine rings is 1. The Morgan fingerprint density at radius 1 is 1.07 bits per heavy atom. The molecule has 5 aromatic rings. The molecule has 1 saturated carbocycles. The van der Waals surface area contributed by atoms with E-state index in [9.17, 15) is 9.90 Å². The summed E-state index contributed by atoms with van der Waals surface area (Å²) in [5, 5.41) is 13.6. The molecule has 46 heavy (non-hydrogen) atoms. The molecule has 2 N–H and O–H groups in total. The van der Waals surface area contributed by atoms with Gasteiger partial charge >= 0.3 is 0 Å². The van der Waals surface area contributed by atoms with Crippen molar-refractivity contribution in [2.24, 2.45) is 0 Å². The molecule has 0 radical (unpaired) electrons. The number of hydrogen-bond donors (Lipinski definition) is 2. The Bertz CT molecular complexity index is 1910. The Morgan fingerprint density at radius 2 is 1.91 bits per heavy atom. The number of aliphatic hydroxyl groups excluding tert-OH is 1. The maximum atomic E-state index is 15.4. The summed E-state index contributed by atoms with van der Waals surface area (Å²) < 4.78 is 21.3. The topological polar surface area (TPSA) is 97.8 Å². The summed E-state index contributed by atoms with van der Waals surface area (Å²) in [4.78, 5) is 33.8. The number of likely N-dealkylation sites (N-methyl/N-ethyl adjacent to an activating group) is 1. The van der Waals surface area contributed by atoms with Crippen LogP contribution in [0.3, 0.4) is 0 Å². The van der Waals surface area contributed by atoms with E-state index in [0.717, 1.165) is 88.7 Å². The molecule has 11 heteroatoms. The van der Waals surface area contributed by atoms with Gasteiger partial charge in [-0.2, -0.15) is 0 Å². The van der Waals surface area contributed by atoms with Crippen LogP contribution in [0.2, 0.25) is 0 Å². The van der Waals surface area contributed by atoms with Gasteiger partial charge in [0.25, 0.3) is 5.91 Å². The molecule has 4 aromatic heterocycles. The molecule has 2 aliphatic heterocycles. The van der Waals surface area contributed by atoms with Gasteiger partial charge in [0.05, 0.1) is 42.5 Å². The van der Waals surface area contributed by atoms with Gasteiger partial charge in [-0.3, -0.25) is 9.78 Å². The van der Waals surface area contributed by atoms with Gasteiger partial charge in [0.15, 0.2) is 0 Å². The van der Waals surface area contributed by atoms with Crippen molar-refractivity contribution in [1.29, 1.82) is 0 Å². The van der Waals surface area contributed by atoms with Gasteiger partial charge in [0, 0.05) is 42.6 Å². The van der Waals surface area contributed by atoms with E-state index in [0.29, 0.717) is 11.7 Å². The molecule has 1 saturated heterocycles. The number of H-pyrrole nitrogens is 1. The zero-order valence-electron chi connectivity index (χ0n) is 25.6. The summed E-state index contributed by atoms with van der Waals surface area (Å²) in [5.41, 5.74) is 6.14. The third kappa shape index (κ3) is 5.22. The maximum absolute atomic E-state index is 15.4. The van der Waals surface area contributed by atoms with Gasteiger partial charge < -0.3 is 29.5 Å². The van der Waals surface area contributed by atoms with Crippen LogP contribution in [-0.4, -0.2) is 88.8 Å². The molecule has 2 fully saturated rings. The number of nitrogens with one attached hydrogen (secondary N) is 1. The fourth-order valence-electron chi connectivity index (χ4n) is 6.69. The minimum absolute atomic E-state index is 0.0637. The number of aromatic amines is 1. The highest BCUT2D eigenvalue weighted by molar-refractivity contribution is 7.10. The molecule has 1 amide bonds. The van der Waals surface area contributed by atoms with E-state index in [-0.39, 0.29) is 25.3 Å². The highest BCUT2D eigenvalue weighted by Crippen LogP contribution is 2.44. The average Bonchev–Trinajstić information content (AvgIpc) is 3.70. The van der Waals surface area contributed by atoms with Crippen LogP contribution in [0.1, 0.15) is 45.6 Å². The van der Waals surface area contributed by atoms with Crippen molar-refractivity contribution >= 4 is 34.0 Å². The third-order valence-corrected chi connectivity index (χ3v) is 10.5. The minimum atomic E-state index is -0.676. The standard InChI is InChI=1S/C35H35FN6O3S/c1-40-9-11-41(12-10-40)23-4-5-28(38-19-23)29-18-26-24(6-8-37-34(26)39-29)25-7-15-46-33(25)30(20-43)42-13-14-45-31-17-22(21-2-3-21)16-27(36)32(31)35(42)44/h4-8,15-19,21,30,43H,2-3,9-14,20H2,1H3,(H,37,39). The largest absolute Gasteiger partial charge is 0.491 e. The predicted octanol–water partition coefficient (Wildman–Crippen LogP) is 5.69. The molecule has 236 valence electrons. The second kappa shape index (κ2) is 11.8. The number of anilines is 1. The lowest BCUT2D eigenvalue weighted by Crippen LogP contribution is -2.44. The highest BCUT2D eigenvalue weighted by Gasteiger charge is 2.36. The second-order valence-electron chi connectivity index (χ2n) is 12.4. The van der Waals surface area contributed by atoms with Crippen molar-refractivity contribution in [1.82, 2.24) is 24.8 Å². The van der Waals surface area contributed by atoms with Crippen molar-refractivity contribution in [3.8, 4) is 28.3 Å². The zero-order valence-corrected chi connectivity index (χ0v) is 26.4. The number of rotatable bonds is 7. The first-order chi connectivity index (χ1) is 22.5. The molecular formula is C35H35FN6O3S. The number of fused-ring (bicyclic) bond motifs is 2. The number of pyridine rings is 2. The first-order valence-electron chi connectivity index (χ1n) is 15.8. The zero-order chi connectivity index (χ0) is 31.4. The Morgan fingerprint density at radius 3 is 2.67 bits per heavy atom. The van der Waals surface area contributed by atoms with E-state index < -0.39 is 17.8 Å². The predicted molar refractivity (Wildman–Crippen MR) is 177 cm³/mol. The second-order valence-corrected chi connectivity index (χ2v) is 13.3. The lowest BCUT2D eigenvalue weighted by Gasteiger charge is -2.33. The van der Waals surface area contributed by atoms with Crippen LogP contribution in [0.5, 0.6) is 5.75 Å². The fourth-order valence-corrected chi connectivity index (χ4v) is 7.71. The molecule has 8 rings (SSSR count). The number of nitrogens with zero attached hydrogens (tertiary/aromatic N) is 5. The highest BCUT2D eigenvalue weighted by atomic mass is 32.1. The number of carbonyl (C=O) groups excluding carboxylic acids is 1. The van der Waals surface area contributed by atoms with E-state index in [4.69, 9.17) is 9.72 Å². The van der Waals surface area contributed by atoms with Crippen LogP contribution in [-0.2, 0) is 0 Å². The number of thiophene rings is 1. The van der Waals surface area contributed by atoms with Gasteiger partial charge in [-0.15, -0.1) is 11.3 Å². The lowest BCUT2D eigenvalue weighted by molar-refractivity contribution is 0.0586. The number of aromatic nitrogens is 3. The third-order valence-electron chi connectivity index (χ3n) is 9.45. The SMILES string of the molecule is CN1CCN(c2ccc(-c3cc4c(-c5ccsc5C(CO)N5CCOc6cc(C7CC7)cc(F)c6C5=O)ccnc4[nH]3)nc2)CC1. The number of aliphatic hydroxyl groups is 1. The first kappa shape index (κ1) is 29.1. The Kier molecular flexibility index (Phi) is 7.47. The van der Waals surface area contributed by atoms with Crippen LogP contribution in [0.25, 0.3) is 33.5 Å². The summed E-state index contributed by atoms with van der Waals surface area (Å²) >= 11 is 1.47. The van der Waals surface area contributed by atoms with Crippen LogP contribution < -0.4 is 9.64 Å². The van der Waals surface area contributed by atoms with Crippen LogP contribution in [0.15, 0.2) is 60.2 Å². The quantitative estimate of drug-likeness (QED) is 0.237. The molecule has 0 spiro atoms. The van der Waals surface area contributed by atoms with E-state index in [2.05, 4.69) is 38.9 Å². The van der Waals surface area contributed by atoms with E-state index in [1.54, 1.807) is 11.1 Å². The average molecular weight is 639 g/mol. The van der Waals surface area contributed by atoms with E-state index in [1.165, 1.54) is 17.4 Å². The summed E-state index contributed by atoms with van der Waals surface area (Å²) in [6.45, 7) is 4.15. The minimum Gasteiger partial charge on any atom is -0.491 e. The lowest BCUT2D eigenvalue weighted by atomic mass is 10.00. The van der Waals surface area contributed by atoms with Gasteiger partial charge in [-0.25, -0.2) is 9.37 Å². The molecule has 3 aliphatic rings. The van der Waals surface area contributed by atoms with Gasteiger partial charge in [-0.05, 0) is 90.3 Å². The molecule has 6 heterocycles. The Labute approximate surface area is 270 Å². The summed E-state index contributed by atoms with van der Waals surface area (Å²) in [6, 6.07) is 12.8. The van der Waals surface area contributed by atoms with Gasteiger partial charge in [-0.1, -0.05) is 0 Å². The van der Waals surface area contributed by atoms with Crippen LogP contribution in [0.4, 0.5) is 10.1 Å².